The molecule has 1 amide bonds. The Morgan fingerprint density at radius 3 is 2.37 bits per heavy atom. The minimum absolute atomic E-state index is 0.182. The number of nitrogens with one attached hydrogen (secondary N) is 1. The van der Waals surface area contributed by atoms with Gasteiger partial charge in [-0.15, -0.1) is 0 Å². The first-order chi connectivity index (χ1) is 17.1. The van der Waals surface area contributed by atoms with Crippen LogP contribution in [0.25, 0.3) is 34.2 Å². The van der Waals surface area contributed by atoms with Crippen LogP contribution in [0.5, 0.6) is 0 Å². The second-order valence-electron chi connectivity index (χ2n) is 8.15. The molecule has 0 aliphatic carbocycles. The summed E-state index contributed by atoms with van der Waals surface area (Å²) in [6.07, 6.45) is 5.53. The van der Waals surface area contributed by atoms with Gasteiger partial charge in [-0.2, -0.15) is 0 Å². The van der Waals surface area contributed by atoms with E-state index in [1.165, 1.54) is 12.1 Å². The highest BCUT2D eigenvalue weighted by molar-refractivity contribution is 5.94. The maximum atomic E-state index is 13.4. The van der Waals surface area contributed by atoms with E-state index < -0.39 is 0 Å². The fourth-order valence-corrected chi connectivity index (χ4v) is 3.83. The normalized spacial score (nSPS) is 11.1. The minimum atomic E-state index is -0.316. The van der Waals surface area contributed by atoms with Crippen molar-refractivity contribution in [2.24, 2.45) is 0 Å². The lowest BCUT2D eigenvalue weighted by atomic mass is 10.0. The third-order valence-electron chi connectivity index (χ3n) is 5.61. The van der Waals surface area contributed by atoms with E-state index in [1.807, 2.05) is 84.9 Å². The standard InChI is InChI=1S/C30H22FN3O/c31-26-15-13-24(14-16-26)28-20-32-30(27(33-28)17-11-21-6-2-1-3-7-21)34-29(35)19-22-10-12-23-8-4-5-9-25(23)18-22/h1-18,20H,19H2,(H,32,34,35)/b17-11+. The smallest absolute Gasteiger partial charge is 0.230 e. The molecule has 4 aromatic carbocycles. The fourth-order valence-electron chi connectivity index (χ4n) is 3.83. The highest BCUT2D eigenvalue weighted by atomic mass is 19.1. The predicted octanol–water partition coefficient (Wildman–Crippen LogP) is 6.79. The number of rotatable bonds is 6. The molecule has 5 aromatic rings. The van der Waals surface area contributed by atoms with Gasteiger partial charge in [0.1, 0.15) is 11.5 Å². The van der Waals surface area contributed by atoms with Gasteiger partial charge in [-0.05, 0) is 52.2 Å². The van der Waals surface area contributed by atoms with Crippen molar-refractivity contribution in [2.75, 3.05) is 5.32 Å². The number of benzene rings is 4. The number of hydrogen-bond acceptors (Lipinski definition) is 3. The van der Waals surface area contributed by atoms with E-state index in [0.717, 1.165) is 27.5 Å². The quantitative estimate of drug-likeness (QED) is 0.304. The number of hydrogen-bond donors (Lipinski definition) is 1. The van der Waals surface area contributed by atoms with Gasteiger partial charge in [-0.25, -0.2) is 14.4 Å². The molecule has 1 aromatic heterocycles. The zero-order valence-corrected chi connectivity index (χ0v) is 18.9. The van der Waals surface area contributed by atoms with Gasteiger partial charge in [0, 0.05) is 5.56 Å². The number of aromatic nitrogens is 2. The number of anilines is 1. The largest absolute Gasteiger partial charge is 0.309 e. The molecule has 0 spiro atoms. The van der Waals surface area contributed by atoms with Gasteiger partial charge < -0.3 is 5.32 Å². The maximum absolute atomic E-state index is 13.4. The summed E-state index contributed by atoms with van der Waals surface area (Å²) in [6, 6.07) is 29.9. The van der Waals surface area contributed by atoms with Crippen molar-refractivity contribution in [3.8, 4) is 11.3 Å². The van der Waals surface area contributed by atoms with Crippen LogP contribution in [-0.2, 0) is 11.2 Å². The highest BCUT2D eigenvalue weighted by Crippen LogP contribution is 2.22. The van der Waals surface area contributed by atoms with Crippen molar-refractivity contribution >= 4 is 34.6 Å². The molecule has 35 heavy (non-hydrogen) atoms. The Balaban J connectivity index is 1.42. The van der Waals surface area contributed by atoms with Crippen molar-refractivity contribution < 1.29 is 9.18 Å². The number of halogens is 1. The molecule has 0 aliphatic rings. The summed E-state index contributed by atoms with van der Waals surface area (Å²) in [5.41, 5.74) is 3.75. The molecule has 5 rings (SSSR count). The van der Waals surface area contributed by atoms with Crippen LogP contribution in [0.4, 0.5) is 10.2 Å². The Bertz CT molecular complexity index is 1510. The molecule has 1 heterocycles. The summed E-state index contributed by atoms with van der Waals surface area (Å²) >= 11 is 0. The summed E-state index contributed by atoms with van der Waals surface area (Å²) in [7, 11) is 0. The summed E-state index contributed by atoms with van der Waals surface area (Å²) in [5.74, 6) is -0.129. The van der Waals surface area contributed by atoms with Gasteiger partial charge >= 0.3 is 0 Å². The lowest BCUT2D eigenvalue weighted by Crippen LogP contribution is -2.16. The Kier molecular flexibility index (Phi) is 6.39. The molecule has 0 saturated carbocycles. The van der Waals surface area contributed by atoms with E-state index in [1.54, 1.807) is 18.3 Å². The average molecular weight is 460 g/mol. The molecule has 0 aliphatic heterocycles. The topological polar surface area (TPSA) is 54.9 Å². The zero-order valence-electron chi connectivity index (χ0n) is 18.9. The van der Waals surface area contributed by atoms with E-state index in [2.05, 4.69) is 10.3 Å². The van der Waals surface area contributed by atoms with Crippen LogP contribution in [0.3, 0.4) is 0 Å². The molecule has 0 bridgehead atoms. The molecule has 1 N–H and O–H groups in total. The minimum Gasteiger partial charge on any atom is -0.309 e. The number of carbonyl (C=O) groups excluding carboxylic acids is 1. The van der Waals surface area contributed by atoms with Gasteiger partial charge in [0.2, 0.25) is 5.91 Å². The summed E-state index contributed by atoms with van der Waals surface area (Å²) in [4.78, 5) is 22.1. The number of carbonyl (C=O) groups is 1. The summed E-state index contributed by atoms with van der Waals surface area (Å²) < 4.78 is 13.4. The lowest BCUT2D eigenvalue weighted by molar-refractivity contribution is -0.115. The first-order valence-corrected chi connectivity index (χ1v) is 11.3. The Morgan fingerprint density at radius 2 is 1.57 bits per heavy atom. The van der Waals surface area contributed by atoms with E-state index in [-0.39, 0.29) is 18.1 Å². The molecule has 0 radical (unpaired) electrons. The van der Waals surface area contributed by atoms with Crippen LogP contribution in [0, 0.1) is 5.82 Å². The van der Waals surface area contributed by atoms with Crippen LogP contribution in [-0.4, -0.2) is 15.9 Å². The monoisotopic (exact) mass is 459 g/mol. The Morgan fingerprint density at radius 1 is 0.829 bits per heavy atom. The number of amides is 1. The molecule has 0 unspecified atom stereocenters. The third-order valence-corrected chi connectivity index (χ3v) is 5.61. The van der Waals surface area contributed by atoms with Crippen molar-refractivity contribution in [1.29, 1.82) is 0 Å². The van der Waals surface area contributed by atoms with Crippen molar-refractivity contribution in [2.45, 2.75) is 6.42 Å². The predicted molar refractivity (Wildman–Crippen MR) is 139 cm³/mol. The van der Waals surface area contributed by atoms with Crippen LogP contribution in [0.15, 0.2) is 103 Å². The molecular formula is C30H22FN3O. The molecule has 4 nitrogen and oxygen atoms in total. The van der Waals surface area contributed by atoms with E-state index in [4.69, 9.17) is 4.98 Å². The molecule has 5 heteroatoms. The summed E-state index contributed by atoms with van der Waals surface area (Å²) in [5, 5.41) is 5.13. The van der Waals surface area contributed by atoms with Crippen molar-refractivity contribution in [3.05, 3.63) is 126 Å². The molecule has 170 valence electrons. The highest BCUT2D eigenvalue weighted by Gasteiger charge is 2.12. The van der Waals surface area contributed by atoms with Crippen LogP contribution < -0.4 is 5.32 Å². The maximum Gasteiger partial charge on any atom is 0.230 e. The Hall–Kier alpha value is -4.64. The van der Waals surface area contributed by atoms with Crippen LogP contribution in [0.1, 0.15) is 16.8 Å². The number of fused-ring (bicyclic) bond motifs is 1. The van der Waals surface area contributed by atoms with Gasteiger partial charge in [0.25, 0.3) is 0 Å². The lowest BCUT2D eigenvalue weighted by Gasteiger charge is -2.10. The van der Waals surface area contributed by atoms with Gasteiger partial charge in [0.05, 0.1) is 18.3 Å². The summed E-state index contributed by atoms with van der Waals surface area (Å²) in [6.45, 7) is 0. The van der Waals surface area contributed by atoms with Crippen molar-refractivity contribution in [3.63, 3.8) is 0 Å². The zero-order chi connectivity index (χ0) is 24.0. The second-order valence-corrected chi connectivity index (χ2v) is 8.15. The van der Waals surface area contributed by atoms with E-state index in [0.29, 0.717) is 17.2 Å². The average Bonchev–Trinajstić information content (AvgIpc) is 2.89. The van der Waals surface area contributed by atoms with Crippen LogP contribution in [0.2, 0.25) is 0 Å². The van der Waals surface area contributed by atoms with Gasteiger partial charge in [0.15, 0.2) is 5.82 Å². The fraction of sp³-hybridized carbons (Fsp3) is 0.0333. The third kappa shape index (κ3) is 5.47. The molecular weight excluding hydrogens is 437 g/mol. The molecule has 0 saturated heterocycles. The second kappa shape index (κ2) is 10.1. The van der Waals surface area contributed by atoms with E-state index >= 15 is 0 Å². The number of nitrogens with zero attached hydrogens (tertiary/aromatic N) is 2. The van der Waals surface area contributed by atoms with Crippen molar-refractivity contribution in [1.82, 2.24) is 9.97 Å². The van der Waals surface area contributed by atoms with Crippen LogP contribution >= 0.6 is 0 Å². The first kappa shape index (κ1) is 22.2. The first-order valence-electron chi connectivity index (χ1n) is 11.3. The van der Waals surface area contributed by atoms with Gasteiger partial charge in [-0.1, -0.05) is 78.9 Å². The molecule has 0 fully saturated rings. The van der Waals surface area contributed by atoms with E-state index in [9.17, 15) is 9.18 Å². The SMILES string of the molecule is O=C(Cc1ccc2ccccc2c1)Nc1ncc(-c2ccc(F)cc2)nc1/C=C/c1ccccc1. The molecule has 0 atom stereocenters. The Labute approximate surface area is 202 Å². The van der Waals surface area contributed by atoms with Gasteiger partial charge in [-0.3, -0.25) is 4.79 Å².